The quantitative estimate of drug-likeness (QED) is 0.530. The van der Waals surface area contributed by atoms with Gasteiger partial charge in [0.15, 0.2) is 0 Å². The van der Waals surface area contributed by atoms with E-state index in [-0.39, 0.29) is 12.7 Å². The molecule has 0 aliphatic heterocycles. The summed E-state index contributed by atoms with van der Waals surface area (Å²) in [6, 6.07) is 0. The summed E-state index contributed by atoms with van der Waals surface area (Å²) in [7, 11) is 0. The first-order chi connectivity index (χ1) is 6.20. The van der Waals surface area contributed by atoms with E-state index in [9.17, 15) is 4.39 Å². The Morgan fingerprint density at radius 2 is 1.92 bits per heavy atom. The largest absolute Gasteiger partial charge is 0.376 e. The molecule has 0 radical (unpaired) electrons. The van der Waals surface area contributed by atoms with Crippen molar-refractivity contribution >= 4 is 0 Å². The van der Waals surface area contributed by atoms with E-state index in [4.69, 9.17) is 4.74 Å². The number of ether oxygens (including phenoxy) is 1. The van der Waals surface area contributed by atoms with Crippen molar-refractivity contribution < 1.29 is 9.13 Å². The normalized spacial score (nSPS) is 15.7. The zero-order valence-electron chi connectivity index (χ0n) is 9.18. The topological polar surface area (TPSA) is 9.23 Å². The summed E-state index contributed by atoms with van der Waals surface area (Å²) in [5.74, 6) is 0. The molecule has 0 rings (SSSR count). The van der Waals surface area contributed by atoms with Gasteiger partial charge in [-0.1, -0.05) is 33.1 Å². The second-order valence-electron chi connectivity index (χ2n) is 3.65. The average molecular weight is 190 g/mol. The Balaban J connectivity index is 3.24. The summed E-state index contributed by atoms with van der Waals surface area (Å²) >= 11 is 0. The predicted molar refractivity (Wildman–Crippen MR) is 54.7 cm³/mol. The molecule has 1 nitrogen and oxygen atoms in total. The molecule has 0 amide bonds. The summed E-state index contributed by atoms with van der Waals surface area (Å²) in [5, 5.41) is 0. The van der Waals surface area contributed by atoms with Crippen molar-refractivity contribution in [2.24, 2.45) is 0 Å². The molecule has 0 aromatic heterocycles. The van der Waals surface area contributed by atoms with Crippen LogP contribution in [0.1, 0.15) is 52.9 Å². The van der Waals surface area contributed by atoms with E-state index in [1.54, 1.807) is 0 Å². The highest BCUT2D eigenvalue weighted by Crippen LogP contribution is 2.08. The molecule has 0 bridgehead atoms. The van der Waals surface area contributed by atoms with Gasteiger partial charge in [0, 0.05) is 0 Å². The van der Waals surface area contributed by atoms with E-state index < -0.39 is 6.17 Å². The zero-order chi connectivity index (χ0) is 10.1. The van der Waals surface area contributed by atoms with Crippen LogP contribution in [0.15, 0.2) is 0 Å². The fraction of sp³-hybridized carbons (Fsp3) is 1.00. The number of halogens is 1. The minimum atomic E-state index is -0.763. The molecule has 0 N–H and O–H groups in total. The van der Waals surface area contributed by atoms with Gasteiger partial charge in [-0.15, -0.1) is 0 Å². The Labute approximate surface area is 81.7 Å². The Morgan fingerprint density at radius 3 is 2.46 bits per heavy atom. The first-order valence-corrected chi connectivity index (χ1v) is 5.46. The van der Waals surface area contributed by atoms with Crippen LogP contribution in [0.5, 0.6) is 0 Å². The van der Waals surface area contributed by atoms with Gasteiger partial charge in [-0.05, 0) is 19.8 Å². The van der Waals surface area contributed by atoms with E-state index >= 15 is 0 Å². The van der Waals surface area contributed by atoms with Crippen molar-refractivity contribution in [3.8, 4) is 0 Å². The minimum absolute atomic E-state index is 0.199. The highest BCUT2D eigenvalue weighted by molar-refractivity contribution is 4.56. The van der Waals surface area contributed by atoms with Crippen molar-refractivity contribution in [3.05, 3.63) is 0 Å². The number of hydrogen-bond acceptors (Lipinski definition) is 1. The van der Waals surface area contributed by atoms with Gasteiger partial charge in [-0.2, -0.15) is 0 Å². The molecular formula is C11H23FO. The smallest absolute Gasteiger partial charge is 0.123 e. The van der Waals surface area contributed by atoms with Crippen LogP contribution in [-0.2, 0) is 4.74 Å². The average Bonchev–Trinajstić information content (AvgIpc) is 2.14. The summed E-state index contributed by atoms with van der Waals surface area (Å²) in [6.07, 6.45) is 4.32. The molecule has 80 valence electrons. The molecule has 0 fully saturated rings. The third-order valence-electron chi connectivity index (χ3n) is 2.26. The third-order valence-corrected chi connectivity index (χ3v) is 2.26. The summed E-state index contributed by atoms with van der Waals surface area (Å²) in [6.45, 7) is 6.44. The molecule has 2 heteroatoms. The highest BCUT2D eigenvalue weighted by Gasteiger charge is 2.07. The molecule has 0 saturated heterocycles. The molecule has 0 aliphatic rings. The maximum Gasteiger partial charge on any atom is 0.123 e. The fourth-order valence-corrected chi connectivity index (χ4v) is 1.09. The van der Waals surface area contributed by atoms with Gasteiger partial charge < -0.3 is 4.74 Å². The van der Waals surface area contributed by atoms with Crippen molar-refractivity contribution in [3.63, 3.8) is 0 Å². The lowest BCUT2D eigenvalue weighted by Crippen LogP contribution is -2.16. The minimum Gasteiger partial charge on any atom is -0.376 e. The fourth-order valence-electron chi connectivity index (χ4n) is 1.09. The van der Waals surface area contributed by atoms with Crippen molar-refractivity contribution in [2.45, 2.75) is 65.2 Å². The summed E-state index contributed by atoms with van der Waals surface area (Å²) in [4.78, 5) is 0. The second kappa shape index (κ2) is 8.49. The van der Waals surface area contributed by atoms with Crippen LogP contribution in [0, 0.1) is 0 Å². The maximum absolute atomic E-state index is 13.1. The van der Waals surface area contributed by atoms with E-state index in [2.05, 4.69) is 13.8 Å². The van der Waals surface area contributed by atoms with Crippen molar-refractivity contribution in [1.29, 1.82) is 0 Å². The van der Waals surface area contributed by atoms with Crippen LogP contribution >= 0.6 is 0 Å². The van der Waals surface area contributed by atoms with Gasteiger partial charge in [-0.3, -0.25) is 0 Å². The van der Waals surface area contributed by atoms with Gasteiger partial charge in [0.1, 0.15) is 6.17 Å². The molecule has 0 aromatic carbocycles. The molecule has 2 atom stereocenters. The van der Waals surface area contributed by atoms with E-state index in [0.717, 1.165) is 25.7 Å². The Bertz CT molecular complexity index is 106. The van der Waals surface area contributed by atoms with E-state index in [0.29, 0.717) is 6.42 Å². The molecular weight excluding hydrogens is 167 g/mol. The van der Waals surface area contributed by atoms with E-state index in [1.165, 1.54) is 0 Å². The zero-order valence-corrected chi connectivity index (χ0v) is 9.18. The summed E-state index contributed by atoms with van der Waals surface area (Å²) in [5.41, 5.74) is 0. The summed E-state index contributed by atoms with van der Waals surface area (Å²) < 4.78 is 18.4. The Kier molecular flexibility index (Phi) is 8.41. The monoisotopic (exact) mass is 190 g/mol. The van der Waals surface area contributed by atoms with Gasteiger partial charge in [0.2, 0.25) is 0 Å². The standard InChI is InChI=1S/C11H23FO/c1-4-6-7-8-11(12)9-13-10(3)5-2/h10-11H,4-9H2,1-3H3. The van der Waals surface area contributed by atoms with Gasteiger partial charge in [-0.25, -0.2) is 4.39 Å². The number of rotatable bonds is 8. The van der Waals surface area contributed by atoms with Crippen LogP contribution < -0.4 is 0 Å². The van der Waals surface area contributed by atoms with Crippen LogP contribution in [-0.4, -0.2) is 18.9 Å². The second-order valence-corrected chi connectivity index (χ2v) is 3.65. The van der Waals surface area contributed by atoms with Crippen LogP contribution in [0.4, 0.5) is 4.39 Å². The molecule has 13 heavy (non-hydrogen) atoms. The number of unbranched alkanes of at least 4 members (excludes halogenated alkanes) is 2. The Morgan fingerprint density at radius 1 is 1.23 bits per heavy atom. The molecule has 2 unspecified atom stereocenters. The van der Waals surface area contributed by atoms with Gasteiger partial charge >= 0.3 is 0 Å². The molecule has 0 heterocycles. The lowest BCUT2D eigenvalue weighted by Gasteiger charge is -2.13. The van der Waals surface area contributed by atoms with E-state index in [1.807, 2.05) is 6.92 Å². The first-order valence-electron chi connectivity index (χ1n) is 5.46. The third kappa shape index (κ3) is 8.23. The molecule has 0 aromatic rings. The van der Waals surface area contributed by atoms with Gasteiger partial charge in [0.25, 0.3) is 0 Å². The van der Waals surface area contributed by atoms with Crippen molar-refractivity contribution in [2.75, 3.05) is 6.61 Å². The van der Waals surface area contributed by atoms with Crippen LogP contribution in [0.3, 0.4) is 0 Å². The molecule has 0 aliphatic carbocycles. The number of hydrogen-bond donors (Lipinski definition) is 0. The van der Waals surface area contributed by atoms with Crippen LogP contribution in [0.2, 0.25) is 0 Å². The molecule has 0 spiro atoms. The maximum atomic E-state index is 13.1. The predicted octanol–water partition coefficient (Wildman–Crippen LogP) is 3.72. The highest BCUT2D eigenvalue weighted by atomic mass is 19.1. The Hall–Kier alpha value is -0.110. The lowest BCUT2D eigenvalue weighted by atomic mass is 10.1. The SMILES string of the molecule is CCCCCC(F)COC(C)CC. The lowest BCUT2D eigenvalue weighted by molar-refractivity contribution is 0.0240. The first kappa shape index (κ1) is 12.9. The number of alkyl halides is 1. The van der Waals surface area contributed by atoms with Crippen molar-refractivity contribution in [1.82, 2.24) is 0 Å². The van der Waals surface area contributed by atoms with Crippen LogP contribution in [0.25, 0.3) is 0 Å². The molecule has 0 saturated carbocycles. The van der Waals surface area contributed by atoms with Gasteiger partial charge in [0.05, 0.1) is 12.7 Å².